The predicted molar refractivity (Wildman–Crippen MR) is 38.6 cm³/mol. The van der Waals surface area contributed by atoms with Crippen LogP contribution < -0.4 is 0 Å². The minimum Gasteiger partial charge on any atom is -0.396 e. The van der Waals surface area contributed by atoms with Crippen molar-refractivity contribution in [3.05, 3.63) is 11.6 Å². The summed E-state index contributed by atoms with van der Waals surface area (Å²) in [6.45, 7) is 0.185. The quantitative estimate of drug-likeness (QED) is 0.636. The van der Waals surface area contributed by atoms with Crippen LogP contribution in [-0.4, -0.2) is 17.5 Å². The number of ketones is 1. The third-order valence-corrected chi connectivity index (χ3v) is 1.72. The Labute approximate surface area is 60.6 Å². The molecule has 0 radical (unpaired) electrons. The monoisotopic (exact) mass is 140 g/mol. The molecule has 1 aliphatic carbocycles. The van der Waals surface area contributed by atoms with Crippen molar-refractivity contribution in [2.24, 2.45) is 0 Å². The fourth-order valence-electron chi connectivity index (χ4n) is 1.16. The summed E-state index contributed by atoms with van der Waals surface area (Å²) in [5.74, 6) is 0.272. The number of carbonyl (C=O) groups is 1. The van der Waals surface area contributed by atoms with E-state index in [1.165, 1.54) is 0 Å². The molecular formula is C8H12O2. The molecule has 0 aliphatic heterocycles. The van der Waals surface area contributed by atoms with Crippen LogP contribution in [-0.2, 0) is 4.79 Å². The standard InChI is InChI=1S/C8H12O2/c9-6-2-4-7-3-1-5-8(7)10/h3,9H,1-2,4-6H2. The van der Waals surface area contributed by atoms with E-state index in [0.717, 1.165) is 24.8 Å². The maximum atomic E-state index is 10.9. The number of Topliss-reactive ketones (excluding diaryl/α,β-unsaturated/α-hetero) is 1. The van der Waals surface area contributed by atoms with Crippen molar-refractivity contribution in [2.75, 3.05) is 6.61 Å². The van der Waals surface area contributed by atoms with E-state index in [9.17, 15) is 4.79 Å². The lowest BCUT2D eigenvalue weighted by Crippen LogP contribution is -1.96. The zero-order valence-electron chi connectivity index (χ0n) is 5.97. The molecule has 1 rings (SSSR count). The molecule has 0 heterocycles. The summed E-state index contributed by atoms with van der Waals surface area (Å²) >= 11 is 0. The number of hydrogen-bond acceptors (Lipinski definition) is 2. The number of carbonyl (C=O) groups excluding carboxylic acids is 1. The molecule has 1 N–H and O–H groups in total. The normalized spacial score (nSPS) is 17.7. The molecule has 0 unspecified atom stereocenters. The fourth-order valence-corrected chi connectivity index (χ4v) is 1.16. The Balaban J connectivity index is 2.33. The van der Waals surface area contributed by atoms with Crippen molar-refractivity contribution in [2.45, 2.75) is 25.7 Å². The van der Waals surface area contributed by atoms with Gasteiger partial charge in [0.1, 0.15) is 0 Å². The van der Waals surface area contributed by atoms with Gasteiger partial charge in [-0.05, 0) is 24.8 Å². The molecule has 1 aliphatic rings. The first-order valence-corrected chi connectivity index (χ1v) is 3.67. The minimum absolute atomic E-state index is 0.185. The lowest BCUT2D eigenvalue weighted by atomic mass is 10.1. The molecule has 0 saturated heterocycles. The molecule has 0 bridgehead atoms. The van der Waals surface area contributed by atoms with Gasteiger partial charge in [0.15, 0.2) is 5.78 Å². The average molecular weight is 140 g/mol. The molecule has 0 saturated carbocycles. The molecule has 0 atom stereocenters. The van der Waals surface area contributed by atoms with Crippen molar-refractivity contribution in [3.63, 3.8) is 0 Å². The molecule has 2 heteroatoms. The van der Waals surface area contributed by atoms with Crippen molar-refractivity contribution in [3.8, 4) is 0 Å². The highest BCUT2D eigenvalue weighted by Gasteiger charge is 2.13. The molecule has 0 amide bonds. The van der Waals surface area contributed by atoms with Crippen molar-refractivity contribution < 1.29 is 9.90 Å². The van der Waals surface area contributed by atoms with E-state index in [-0.39, 0.29) is 12.4 Å². The van der Waals surface area contributed by atoms with Gasteiger partial charge in [-0.1, -0.05) is 6.08 Å². The van der Waals surface area contributed by atoms with Crippen LogP contribution in [0.15, 0.2) is 11.6 Å². The molecule has 2 nitrogen and oxygen atoms in total. The largest absolute Gasteiger partial charge is 0.396 e. The minimum atomic E-state index is 0.185. The Bertz CT molecular complexity index is 159. The Morgan fingerprint density at radius 1 is 1.60 bits per heavy atom. The first kappa shape index (κ1) is 7.48. The van der Waals surface area contributed by atoms with Crippen LogP contribution in [0.1, 0.15) is 25.7 Å². The highest BCUT2D eigenvalue weighted by molar-refractivity contribution is 5.97. The van der Waals surface area contributed by atoms with Gasteiger partial charge < -0.3 is 5.11 Å². The summed E-state index contributed by atoms with van der Waals surface area (Å²) < 4.78 is 0. The SMILES string of the molecule is O=C1CCC=C1CCCO. The van der Waals surface area contributed by atoms with E-state index in [1.54, 1.807) is 0 Å². The Morgan fingerprint density at radius 3 is 2.90 bits per heavy atom. The van der Waals surface area contributed by atoms with E-state index in [1.807, 2.05) is 6.08 Å². The maximum Gasteiger partial charge on any atom is 0.158 e. The van der Waals surface area contributed by atoms with Gasteiger partial charge in [-0.15, -0.1) is 0 Å². The molecule has 56 valence electrons. The van der Waals surface area contributed by atoms with Gasteiger partial charge in [0, 0.05) is 13.0 Å². The average Bonchev–Trinajstić information content (AvgIpc) is 2.31. The smallest absolute Gasteiger partial charge is 0.158 e. The van der Waals surface area contributed by atoms with Crippen LogP contribution in [0.5, 0.6) is 0 Å². The Hall–Kier alpha value is -0.630. The molecule has 0 spiro atoms. The van der Waals surface area contributed by atoms with Gasteiger partial charge in [0.2, 0.25) is 0 Å². The summed E-state index contributed by atoms with van der Waals surface area (Å²) in [7, 11) is 0. The number of hydrogen-bond donors (Lipinski definition) is 1. The van der Waals surface area contributed by atoms with Crippen LogP contribution in [0.4, 0.5) is 0 Å². The summed E-state index contributed by atoms with van der Waals surface area (Å²) in [4.78, 5) is 10.9. The second kappa shape index (κ2) is 3.52. The first-order valence-electron chi connectivity index (χ1n) is 3.67. The van der Waals surface area contributed by atoms with Gasteiger partial charge >= 0.3 is 0 Å². The molecule has 0 aromatic heterocycles. The van der Waals surface area contributed by atoms with Gasteiger partial charge in [0.25, 0.3) is 0 Å². The van der Waals surface area contributed by atoms with E-state index in [0.29, 0.717) is 6.42 Å². The predicted octanol–water partition coefficient (Wildman–Crippen LogP) is 1.05. The fraction of sp³-hybridized carbons (Fsp3) is 0.625. The van der Waals surface area contributed by atoms with Crippen molar-refractivity contribution >= 4 is 5.78 Å². The first-order chi connectivity index (χ1) is 4.84. The maximum absolute atomic E-state index is 10.9. The number of rotatable bonds is 3. The Kier molecular flexibility index (Phi) is 2.63. The Morgan fingerprint density at radius 2 is 2.40 bits per heavy atom. The van der Waals surface area contributed by atoms with E-state index in [4.69, 9.17) is 5.11 Å². The number of aliphatic hydroxyl groups excluding tert-OH is 1. The highest BCUT2D eigenvalue weighted by atomic mass is 16.2. The van der Waals surface area contributed by atoms with Crippen LogP contribution >= 0.6 is 0 Å². The summed E-state index contributed by atoms with van der Waals surface area (Å²) in [5.41, 5.74) is 0.925. The van der Waals surface area contributed by atoms with Gasteiger partial charge in [0.05, 0.1) is 0 Å². The summed E-state index contributed by atoms with van der Waals surface area (Å²) in [6.07, 6.45) is 5.05. The molecule has 10 heavy (non-hydrogen) atoms. The molecule has 0 aromatic carbocycles. The third kappa shape index (κ3) is 1.67. The van der Waals surface area contributed by atoms with Crippen LogP contribution in [0.25, 0.3) is 0 Å². The van der Waals surface area contributed by atoms with Gasteiger partial charge in [-0.25, -0.2) is 0 Å². The molecule has 0 fully saturated rings. The lowest BCUT2D eigenvalue weighted by Gasteiger charge is -1.95. The second-order valence-corrected chi connectivity index (χ2v) is 2.52. The molecular weight excluding hydrogens is 128 g/mol. The topological polar surface area (TPSA) is 37.3 Å². The van der Waals surface area contributed by atoms with Crippen LogP contribution in [0.2, 0.25) is 0 Å². The number of allylic oxidation sites excluding steroid dienone is 2. The van der Waals surface area contributed by atoms with E-state index in [2.05, 4.69) is 0 Å². The van der Waals surface area contributed by atoms with Gasteiger partial charge in [-0.2, -0.15) is 0 Å². The third-order valence-electron chi connectivity index (χ3n) is 1.72. The zero-order valence-corrected chi connectivity index (χ0v) is 5.97. The number of aliphatic hydroxyl groups is 1. The van der Waals surface area contributed by atoms with Crippen molar-refractivity contribution in [1.82, 2.24) is 0 Å². The second-order valence-electron chi connectivity index (χ2n) is 2.52. The van der Waals surface area contributed by atoms with E-state index >= 15 is 0 Å². The van der Waals surface area contributed by atoms with E-state index < -0.39 is 0 Å². The highest BCUT2D eigenvalue weighted by Crippen LogP contribution is 2.17. The van der Waals surface area contributed by atoms with Gasteiger partial charge in [-0.3, -0.25) is 4.79 Å². The lowest BCUT2D eigenvalue weighted by molar-refractivity contribution is -0.115. The van der Waals surface area contributed by atoms with Crippen LogP contribution in [0, 0.1) is 0 Å². The summed E-state index contributed by atoms with van der Waals surface area (Å²) in [6, 6.07) is 0. The zero-order chi connectivity index (χ0) is 7.40. The molecule has 0 aromatic rings. The summed E-state index contributed by atoms with van der Waals surface area (Å²) in [5, 5.41) is 8.47. The van der Waals surface area contributed by atoms with Crippen LogP contribution in [0.3, 0.4) is 0 Å². The van der Waals surface area contributed by atoms with Crippen molar-refractivity contribution in [1.29, 1.82) is 0 Å².